The molecule has 2 amide bonds. The first-order chi connectivity index (χ1) is 9.18. The topological polar surface area (TPSA) is 37.4 Å². The van der Waals surface area contributed by atoms with Crippen LogP contribution in [-0.4, -0.2) is 11.8 Å². The van der Waals surface area contributed by atoms with E-state index in [1.165, 1.54) is 12.1 Å². The van der Waals surface area contributed by atoms with Crippen LogP contribution < -0.4 is 4.90 Å². The van der Waals surface area contributed by atoms with E-state index in [1.54, 1.807) is 12.1 Å². The predicted octanol–water partition coefficient (Wildman–Crippen LogP) is 2.14. The summed E-state index contributed by atoms with van der Waals surface area (Å²) in [5.41, 5.74) is 0.0892. The molecule has 1 aromatic rings. The molecule has 0 unspecified atom stereocenters. The van der Waals surface area contributed by atoms with Crippen molar-refractivity contribution in [2.45, 2.75) is 6.42 Å². The van der Waals surface area contributed by atoms with E-state index in [0.29, 0.717) is 0 Å². The number of carbonyl (C=O) groups excluding carboxylic acids is 2. The Hall–Kier alpha value is -1.97. The van der Waals surface area contributed by atoms with Crippen LogP contribution in [0.4, 0.5) is 10.1 Å². The molecule has 1 saturated carbocycles. The van der Waals surface area contributed by atoms with Crippen molar-refractivity contribution in [3.63, 3.8) is 0 Å². The van der Waals surface area contributed by atoms with Crippen molar-refractivity contribution in [2.75, 3.05) is 4.90 Å². The van der Waals surface area contributed by atoms with Gasteiger partial charge in [-0.3, -0.25) is 9.59 Å². The summed E-state index contributed by atoms with van der Waals surface area (Å²) in [5.74, 6) is -1.24. The zero-order valence-electron chi connectivity index (χ0n) is 10.1. The molecule has 0 aromatic heterocycles. The Morgan fingerprint density at radius 1 is 1.00 bits per heavy atom. The van der Waals surface area contributed by atoms with Gasteiger partial charge in [0.25, 0.3) is 0 Å². The van der Waals surface area contributed by atoms with Crippen LogP contribution in [0.15, 0.2) is 36.4 Å². The molecule has 1 saturated heterocycles. The van der Waals surface area contributed by atoms with Crippen molar-refractivity contribution >= 4 is 17.5 Å². The molecule has 1 aliphatic heterocycles. The quantitative estimate of drug-likeness (QED) is 0.571. The molecule has 4 heteroatoms. The Kier molecular flexibility index (Phi) is 2.03. The summed E-state index contributed by atoms with van der Waals surface area (Å²) in [5, 5.41) is 0. The number of halogens is 1. The summed E-state index contributed by atoms with van der Waals surface area (Å²) in [6, 6.07) is 5.95. The summed E-state index contributed by atoms with van der Waals surface area (Å²) in [4.78, 5) is 25.9. The van der Waals surface area contributed by atoms with Gasteiger partial charge in [-0.2, -0.15) is 0 Å². The molecule has 4 rings (SSSR count). The maximum absolute atomic E-state index is 13.8. The van der Waals surface area contributed by atoms with Gasteiger partial charge in [0.2, 0.25) is 11.8 Å². The van der Waals surface area contributed by atoms with Crippen LogP contribution in [-0.2, 0) is 9.59 Å². The lowest BCUT2D eigenvalue weighted by molar-refractivity contribution is -0.123. The number of carbonyl (C=O) groups is 2. The zero-order valence-corrected chi connectivity index (χ0v) is 10.1. The first-order valence-corrected chi connectivity index (χ1v) is 6.49. The summed E-state index contributed by atoms with van der Waals surface area (Å²) in [6.07, 6.45) is 4.95. The second-order valence-corrected chi connectivity index (χ2v) is 5.46. The minimum atomic E-state index is -0.524. The molecule has 2 aliphatic carbocycles. The molecule has 0 radical (unpaired) electrons. The maximum Gasteiger partial charge on any atom is 0.238 e. The number of nitrogens with zero attached hydrogens (tertiary/aromatic N) is 1. The highest BCUT2D eigenvalue weighted by atomic mass is 19.1. The maximum atomic E-state index is 13.8. The third kappa shape index (κ3) is 1.26. The largest absolute Gasteiger partial charge is 0.274 e. The highest BCUT2D eigenvalue weighted by molar-refractivity contribution is 6.22. The second-order valence-electron chi connectivity index (χ2n) is 5.46. The number of amides is 2. The van der Waals surface area contributed by atoms with Gasteiger partial charge in [0.15, 0.2) is 0 Å². The monoisotopic (exact) mass is 257 g/mol. The van der Waals surface area contributed by atoms with Crippen LogP contribution in [0.5, 0.6) is 0 Å². The molecule has 0 spiro atoms. The van der Waals surface area contributed by atoms with E-state index in [0.717, 1.165) is 11.3 Å². The minimum absolute atomic E-state index is 0.0892. The van der Waals surface area contributed by atoms with E-state index in [4.69, 9.17) is 0 Å². The van der Waals surface area contributed by atoms with Gasteiger partial charge < -0.3 is 0 Å². The molecular formula is C15H12FNO2. The molecule has 1 aromatic carbocycles. The first-order valence-electron chi connectivity index (χ1n) is 6.49. The molecule has 2 fully saturated rings. The van der Waals surface area contributed by atoms with Gasteiger partial charge in [-0.15, -0.1) is 0 Å². The Morgan fingerprint density at radius 3 is 2.16 bits per heavy atom. The van der Waals surface area contributed by atoms with Crippen molar-refractivity contribution < 1.29 is 14.0 Å². The van der Waals surface area contributed by atoms with Crippen LogP contribution in [0.25, 0.3) is 0 Å². The fraction of sp³-hybridized carbons (Fsp3) is 0.333. The lowest BCUT2D eigenvalue weighted by atomic mass is 9.85. The summed E-state index contributed by atoms with van der Waals surface area (Å²) < 4.78 is 13.8. The number of fused-ring (bicyclic) bond motifs is 5. The lowest BCUT2D eigenvalue weighted by Gasteiger charge is -2.17. The number of hydrogen-bond acceptors (Lipinski definition) is 2. The van der Waals surface area contributed by atoms with E-state index >= 15 is 0 Å². The summed E-state index contributed by atoms with van der Waals surface area (Å²) >= 11 is 0. The lowest BCUT2D eigenvalue weighted by Crippen LogP contribution is -2.33. The van der Waals surface area contributed by atoms with Gasteiger partial charge in [0.05, 0.1) is 17.5 Å². The third-order valence-corrected chi connectivity index (χ3v) is 4.56. The molecule has 96 valence electrons. The number of benzene rings is 1. The minimum Gasteiger partial charge on any atom is -0.274 e. The van der Waals surface area contributed by atoms with Crippen molar-refractivity contribution in [3.05, 3.63) is 42.2 Å². The van der Waals surface area contributed by atoms with E-state index in [1.807, 2.05) is 12.2 Å². The number of rotatable bonds is 1. The van der Waals surface area contributed by atoms with E-state index < -0.39 is 5.82 Å². The average Bonchev–Trinajstić information content (AvgIpc) is 3.06. The first kappa shape index (κ1) is 10.9. The van der Waals surface area contributed by atoms with E-state index in [9.17, 15) is 14.0 Å². The molecule has 2 bridgehead atoms. The van der Waals surface area contributed by atoms with Crippen molar-refractivity contribution in [3.8, 4) is 0 Å². The molecule has 19 heavy (non-hydrogen) atoms. The van der Waals surface area contributed by atoms with Crippen LogP contribution >= 0.6 is 0 Å². The number of anilines is 1. The van der Waals surface area contributed by atoms with E-state index in [2.05, 4.69) is 0 Å². The Bertz CT molecular complexity index is 594. The number of allylic oxidation sites excluding steroid dienone is 2. The SMILES string of the molecule is O=C1[C@@H]2[C@@H](C(=O)N1c1ccccc1F)[C@H]1C=C[C@@H]2C1. The Balaban J connectivity index is 1.79. The van der Waals surface area contributed by atoms with Gasteiger partial charge in [-0.05, 0) is 30.4 Å². The van der Waals surface area contributed by atoms with Gasteiger partial charge in [0.1, 0.15) is 5.82 Å². The predicted molar refractivity (Wildman–Crippen MR) is 66.6 cm³/mol. The van der Waals surface area contributed by atoms with Crippen LogP contribution in [0.3, 0.4) is 0 Å². The number of para-hydroxylation sites is 1. The second kappa shape index (κ2) is 3.53. The molecule has 3 nitrogen and oxygen atoms in total. The van der Waals surface area contributed by atoms with Crippen molar-refractivity contribution in [2.24, 2.45) is 23.7 Å². The Labute approximate surface area is 109 Å². The molecule has 3 aliphatic rings. The highest BCUT2D eigenvalue weighted by Gasteiger charge is 2.59. The van der Waals surface area contributed by atoms with E-state index in [-0.39, 0.29) is 41.2 Å². The smallest absolute Gasteiger partial charge is 0.238 e. The Morgan fingerprint density at radius 2 is 1.58 bits per heavy atom. The molecule has 0 N–H and O–H groups in total. The van der Waals surface area contributed by atoms with Gasteiger partial charge in [-0.1, -0.05) is 24.3 Å². The molecule has 1 heterocycles. The number of hydrogen-bond donors (Lipinski definition) is 0. The standard InChI is InChI=1S/C15H12FNO2/c16-10-3-1-2-4-11(10)17-14(18)12-8-5-6-9(7-8)13(12)15(17)19/h1-6,8-9,12-13H,7H2/t8-,9+,12-,13-/m0/s1. The highest BCUT2D eigenvalue weighted by Crippen LogP contribution is 2.53. The van der Waals surface area contributed by atoms with Crippen LogP contribution in [0.2, 0.25) is 0 Å². The van der Waals surface area contributed by atoms with Gasteiger partial charge in [-0.25, -0.2) is 9.29 Å². The number of imide groups is 1. The summed E-state index contributed by atoms with van der Waals surface area (Å²) in [6.45, 7) is 0. The van der Waals surface area contributed by atoms with Crippen LogP contribution in [0, 0.1) is 29.5 Å². The average molecular weight is 257 g/mol. The normalized spacial score (nSPS) is 35.3. The molecular weight excluding hydrogens is 245 g/mol. The summed E-state index contributed by atoms with van der Waals surface area (Å²) in [7, 11) is 0. The zero-order chi connectivity index (χ0) is 13.1. The van der Waals surface area contributed by atoms with Crippen LogP contribution in [0.1, 0.15) is 6.42 Å². The fourth-order valence-corrected chi connectivity index (χ4v) is 3.77. The third-order valence-electron chi connectivity index (χ3n) is 4.56. The fourth-order valence-electron chi connectivity index (χ4n) is 3.77. The van der Waals surface area contributed by atoms with Gasteiger partial charge >= 0.3 is 0 Å². The van der Waals surface area contributed by atoms with Gasteiger partial charge in [0, 0.05) is 0 Å². The van der Waals surface area contributed by atoms with Crippen molar-refractivity contribution in [1.29, 1.82) is 0 Å². The molecule has 4 atom stereocenters. The van der Waals surface area contributed by atoms with Crippen molar-refractivity contribution in [1.82, 2.24) is 0 Å².